The Balaban J connectivity index is 1.41. The minimum atomic E-state index is -0.643. The molecule has 2 heterocycles. The molecule has 1 unspecified atom stereocenters. The van der Waals surface area contributed by atoms with Crippen molar-refractivity contribution in [2.24, 2.45) is 0 Å². The molecule has 1 aromatic heterocycles. The van der Waals surface area contributed by atoms with Crippen molar-refractivity contribution in [3.63, 3.8) is 0 Å². The van der Waals surface area contributed by atoms with Gasteiger partial charge in [0.05, 0.1) is 23.7 Å². The van der Waals surface area contributed by atoms with Crippen molar-refractivity contribution in [3.05, 3.63) is 82.7 Å². The maximum Gasteiger partial charge on any atom is 0.338 e. The molecular weight excluding hydrogens is 408 g/mol. The lowest BCUT2D eigenvalue weighted by Gasteiger charge is -2.27. The first-order valence-electron chi connectivity index (χ1n) is 10.2. The van der Waals surface area contributed by atoms with Crippen LogP contribution in [0.1, 0.15) is 37.7 Å². The summed E-state index contributed by atoms with van der Waals surface area (Å²) in [7, 11) is 0. The number of Topliss-reactive ketones (excluding diaryl/α,β-unsaturated/α-hetero) is 1. The Bertz CT molecular complexity index is 1220. The first kappa shape index (κ1) is 21.2. The van der Waals surface area contributed by atoms with Crippen LogP contribution in [-0.4, -0.2) is 35.6 Å². The number of hydrogen-bond acceptors (Lipinski definition) is 6. The second kappa shape index (κ2) is 8.98. The zero-order chi connectivity index (χ0) is 22.7. The standard InChI is InChI=1S/C25H22N2O5/c1-16-10-21(22(28)15-31-25(29)19-7-5-6-18(11-19)12-26)17(2)27(16)13-20-14-30-23-8-3-4-9-24(23)32-20/h3-11,20H,13-15H2,1-2H3. The summed E-state index contributed by atoms with van der Waals surface area (Å²) in [6, 6.07) is 17.5. The summed E-state index contributed by atoms with van der Waals surface area (Å²) >= 11 is 0. The smallest absolute Gasteiger partial charge is 0.338 e. The van der Waals surface area contributed by atoms with Gasteiger partial charge in [0.15, 0.2) is 24.2 Å². The molecule has 0 saturated heterocycles. The molecule has 0 amide bonds. The van der Waals surface area contributed by atoms with Crippen LogP contribution in [0.3, 0.4) is 0 Å². The Morgan fingerprint density at radius 2 is 1.91 bits per heavy atom. The lowest BCUT2D eigenvalue weighted by molar-refractivity contribution is 0.0474. The Labute approximate surface area is 185 Å². The van der Waals surface area contributed by atoms with Crippen molar-refractivity contribution in [1.82, 2.24) is 4.57 Å². The Morgan fingerprint density at radius 3 is 2.69 bits per heavy atom. The minimum absolute atomic E-state index is 0.192. The fraction of sp³-hybridized carbons (Fsp3) is 0.240. The van der Waals surface area contributed by atoms with Gasteiger partial charge >= 0.3 is 5.97 Å². The van der Waals surface area contributed by atoms with Crippen molar-refractivity contribution in [2.45, 2.75) is 26.5 Å². The number of aryl methyl sites for hydroxylation is 1. The monoisotopic (exact) mass is 430 g/mol. The molecule has 0 N–H and O–H groups in total. The molecule has 0 radical (unpaired) electrons. The van der Waals surface area contributed by atoms with E-state index in [1.165, 1.54) is 6.07 Å². The molecule has 1 atom stereocenters. The highest BCUT2D eigenvalue weighted by molar-refractivity contribution is 6.00. The molecule has 7 nitrogen and oxygen atoms in total. The number of hydrogen-bond donors (Lipinski definition) is 0. The SMILES string of the molecule is Cc1cc(C(=O)COC(=O)c2cccc(C#N)c2)c(C)n1CC1COc2ccccc2O1. The summed E-state index contributed by atoms with van der Waals surface area (Å²) in [5.74, 6) is 0.494. The molecule has 4 rings (SSSR count). The lowest BCUT2D eigenvalue weighted by atomic mass is 10.1. The van der Waals surface area contributed by atoms with Gasteiger partial charge in [0.2, 0.25) is 5.78 Å². The van der Waals surface area contributed by atoms with Gasteiger partial charge in [0.1, 0.15) is 6.61 Å². The van der Waals surface area contributed by atoms with Crippen LogP contribution in [0.5, 0.6) is 11.5 Å². The van der Waals surface area contributed by atoms with Gasteiger partial charge in [-0.1, -0.05) is 18.2 Å². The van der Waals surface area contributed by atoms with E-state index in [4.69, 9.17) is 19.5 Å². The van der Waals surface area contributed by atoms with Crippen LogP contribution in [0.25, 0.3) is 0 Å². The zero-order valence-corrected chi connectivity index (χ0v) is 17.8. The van der Waals surface area contributed by atoms with E-state index in [0.29, 0.717) is 30.0 Å². The zero-order valence-electron chi connectivity index (χ0n) is 17.8. The van der Waals surface area contributed by atoms with E-state index in [9.17, 15) is 9.59 Å². The highest BCUT2D eigenvalue weighted by Crippen LogP contribution is 2.31. The number of carbonyl (C=O) groups is 2. The molecule has 0 fully saturated rings. The number of fused-ring (bicyclic) bond motifs is 1. The molecule has 1 aliphatic heterocycles. The average molecular weight is 430 g/mol. The van der Waals surface area contributed by atoms with Crippen molar-refractivity contribution in [3.8, 4) is 17.6 Å². The summed E-state index contributed by atoms with van der Waals surface area (Å²) in [6.07, 6.45) is -0.192. The number of nitriles is 1. The third kappa shape index (κ3) is 4.35. The third-order valence-corrected chi connectivity index (χ3v) is 5.39. The van der Waals surface area contributed by atoms with Gasteiger partial charge in [-0.2, -0.15) is 5.26 Å². The predicted molar refractivity (Wildman–Crippen MR) is 116 cm³/mol. The maximum atomic E-state index is 12.7. The first-order valence-corrected chi connectivity index (χ1v) is 10.2. The average Bonchev–Trinajstić information content (AvgIpc) is 3.10. The van der Waals surface area contributed by atoms with E-state index in [0.717, 1.165) is 17.1 Å². The summed E-state index contributed by atoms with van der Waals surface area (Å²) in [6.45, 7) is 4.34. The van der Waals surface area contributed by atoms with E-state index in [1.807, 2.05) is 48.7 Å². The van der Waals surface area contributed by atoms with Crippen LogP contribution in [0.4, 0.5) is 0 Å². The molecule has 0 bridgehead atoms. The second-order valence-corrected chi connectivity index (χ2v) is 7.58. The summed E-state index contributed by atoms with van der Waals surface area (Å²) in [4.78, 5) is 25.0. The van der Waals surface area contributed by atoms with Crippen LogP contribution < -0.4 is 9.47 Å². The molecule has 0 aliphatic carbocycles. The van der Waals surface area contributed by atoms with Gasteiger partial charge in [-0.15, -0.1) is 0 Å². The van der Waals surface area contributed by atoms with Crippen molar-refractivity contribution < 1.29 is 23.8 Å². The number of rotatable bonds is 6. The number of esters is 1. The summed E-state index contributed by atoms with van der Waals surface area (Å²) in [5, 5.41) is 8.96. The topological polar surface area (TPSA) is 90.6 Å². The van der Waals surface area contributed by atoms with Gasteiger partial charge in [0.25, 0.3) is 0 Å². The van der Waals surface area contributed by atoms with E-state index >= 15 is 0 Å². The Hall–Kier alpha value is -4.05. The van der Waals surface area contributed by atoms with E-state index in [1.54, 1.807) is 24.3 Å². The first-order chi connectivity index (χ1) is 15.5. The van der Waals surface area contributed by atoms with Gasteiger partial charge < -0.3 is 18.8 Å². The molecule has 1 aliphatic rings. The minimum Gasteiger partial charge on any atom is -0.486 e. The van der Waals surface area contributed by atoms with Crippen molar-refractivity contribution in [1.29, 1.82) is 5.26 Å². The van der Waals surface area contributed by atoms with E-state index < -0.39 is 5.97 Å². The molecular formula is C25H22N2O5. The summed E-state index contributed by atoms with van der Waals surface area (Å²) < 4.78 is 19.0. The van der Waals surface area contributed by atoms with Crippen LogP contribution in [0, 0.1) is 25.2 Å². The maximum absolute atomic E-state index is 12.7. The number of para-hydroxylation sites is 2. The number of benzene rings is 2. The Morgan fingerprint density at radius 1 is 1.12 bits per heavy atom. The lowest BCUT2D eigenvalue weighted by Crippen LogP contribution is -2.33. The normalized spacial score (nSPS) is 14.5. The number of ketones is 1. The highest BCUT2D eigenvalue weighted by Gasteiger charge is 2.24. The largest absolute Gasteiger partial charge is 0.486 e. The fourth-order valence-corrected chi connectivity index (χ4v) is 3.73. The highest BCUT2D eigenvalue weighted by atomic mass is 16.6. The van der Waals surface area contributed by atoms with E-state index in [-0.39, 0.29) is 24.1 Å². The Kier molecular flexibility index (Phi) is 5.95. The molecule has 2 aromatic carbocycles. The molecule has 0 spiro atoms. The predicted octanol–water partition coefficient (Wildman–Crippen LogP) is 3.86. The van der Waals surface area contributed by atoms with E-state index in [2.05, 4.69) is 0 Å². The van der Waals surface area contributed by atoms with Crippen molar-refractivity contribution in [2.75, 3.05) is 13.2 Å². The van der Waals surface area contributed by atoms with Crippen LogP contribution >= 0.6 is 0 Å². The molecule has 7 heteroatoms. The van der Waals surface area contributed by atoms with Gasteiger partial charge in [-0.25, -0.2) is 4.79 Å². The third-order valence-electron chi connectivity index (χ3n) is 5.39. The molecule has 0 saturated carbocycles. The van der Waals surface area contributed by atoms with Gasteiger partial charge in [0, 0.05) is 17.0 Å². The number of aromatic nitrogens is 1. The second-order valence-electron chi connectivity index (χ2n) is 7.58. The van der Waals surface area contributed by atoms with Crippen LogP contribution in [0.2, 0.25) is 0 Å². The molecule has 32 heavy (non-hydrogen) atoms. The van der Waals surface area contributed by atoms with Crippen LogP contribution in [-0.2, 0) is 11.3 Å². The summed E-state index contributed by atoms with van der Waals surface area (Å²) in [5.41, 5.74) is 2.76. The molecule has 3 aromatic rings. The van der Waals surface area contributed by atoms with Gasteiger partial charge in [-0.3, -0.25) is 4.79 Å². The number of ether oxygens (including phenoxy) is 3. The number of nitrogens with zero attached hydrogens (tertiary/aromatic N) is 2. The fourth-order valence-electron chi connectivity index (χ4n) is 3.73. The van der Waals surface area contributed by atoms with Gasteiger partial charge in [-0.05, 0) is 50.2 Å². The number of carbonyl (C=O) groups excluding carboxylic acids is 2. The molecule has 162 valence electrons. The van der Waals surface area contributed by atoms with Crippen molar-refractivity contribution >= 4 is 11.8 Å². The van der Waals surface area contributed by atoms with Crippen LogP contribution in [0.15, 0.2) is 54.6 Å². The quantitative estimate of drug-likeness (QED) is 0.436.